The van der Waals surface area contributed by atoms with Crippen molar-refractivity contribution in [2.75, 3.05) is 11.9 Å². The molecule has 1 aromatic carbocycles. The lowest BCUT2D eigenvalue weighted by Crippen LogP contribution is -2.41. The van der Waals surface area contributed by atoms with Gasteiger partial charge >= 0.3 is 6.03 Å². The molecule has 0 saturated carbocycles. The molecule has 6 nitrogen and oxygen atoms in total. The third kappa shape index (κ3) is 4.81. The Hall–Kier alpha value is -2.54. The summed E-state index contributed by atoms with van der Waals surface area (Å²) >= 11 is 0. The van der Waals surface area contributed by atoms with Crippen LogP contribution < -0.4 is 10.6 Å². The van der Waals surface area contributed by atoms with E-state index < -0.39 is 12.1 Å². The van der Waals surface area contributed by atoms with E-state index >= 15 is 0 Å². The van der Waals surface area contributed by atoms with Crippen molar-refractivity contribution in [3.05, 3.63) is 54.1 Å². The molecule has 1 atom stereocenters. The van der Waals surface area contributed by atoms with Crippen molar-refractivity contribution in [1.29, 1.82) is 0 Å². The van der Waals surface area contributed by atoms with Gasteiger partial charge in [0, 0.05) is 0 Å². The van der Waals surface area contributed by atoms with E-state index in [9.17, 15) is 14.3 Å². The predicted molar refractivity (Wildman–Crippen MR) is 75.2 cm³/mol. The zero-order chi connectivity index (χ0) is 15.1. The maximum Gasteiger partial charge on any atom is 0.319 e. The molecular formula is C14H15FN4O2. The fraction of sp³-hybridized carbons (Fsp3) is 0.214. The Balaban J connectivity index is 1.89. The lowest BCUT2D eigenvalue weighted by molar-refractivity contribution is 0.224. The van der Waals surface area contributed by atoms with Gasteiger partial charge in [0.15, 0.2) is 0 Å². The van der Waals surface area contributed by atoms with E-state index in [2.05, 4.69) is 20.8 Å². The lowest BCUT2D eigenvalue weighted by atomic mass is 10.1. The molecule has 1 aromatic heterocycles. The molecule has 110 valence electrons. The number of nitrogens with zero attached hydrogens (tertiary/aromatic N) is 2. The van der Waals surface area contributed by atoms with Gasteiger partial charge < -0.3 is 15.7 Å². The summed E-state index contributed by atoms with van der Waals surface area (Å²) < 4.78 is 12.8. The van der Waals surface area contributed by atoms with Gasteiger partial charge in [-0.2, -0.15) is 10.2 Å². The second-order valence-electron chi connectivity index (χ2n) is 4.44. The van der Waals surface area contributed by atoms with Crippen molar-refractivity contribution in [2.24, 2.45) is 0 Å². The minimum Gasteiger partial charge on any atom is -0.394 e. The number of nitrogens with one attached hydrogen (secondary N) is 2. The summed E-state index contributed by atoms with van der Waals surface area (Å²) in [5, 5.41) is 21.8. The summed E-state index contributed by atoms with van der Waals surface area (Å²) in [6.07, 6.45) is 3.27. The van der Waals surface area contributed by atoms with Crippen molar-refractivity contribution >= 4 is 11.7 Å². The first-order valence-corrected chi connectivity index (χ1v) is 6.37. The van der Waals surface area contributed by atoms with Gasteiger partial charge in [0.2, 0.25) is 0 Å². The first kappa shape index (κ1) is 14.9. The number of anilines is 1. The number of rotatable bonds is 5. The van der Waals surface area contributed by atoms with Crippen LogP contribution in [0.1, 0.15) is 5.56 Å². The number of carbonyl (C=O) groups is 1. The highest BCUT2D eigenvalue weighted by molar-refractivity contribution is 5.89. The Bertz CT molecular complexity index is 577. The number of hydrogen-bond acceptors (Lipinski definition) is 4. The summed E-state index contributed by atoms with van der Waals surface area (Å²) in [5.41, 5.74) is 1.32. The zero-order valence-corrected chi connectivity index (χ0v) is 11.2. The van der Waals surface area contributed by atoms with Gasteiger partial charge in [-0.25, -0.2) is 9.18 Å². The average Bonchev–Trinajstić information content (AvgIpc) is 2.49. The number of halogens is 1. The molecule has 2 aromatic rings. The monoisotopic (exact) mass is 290 g/mol. The molecule has 1 unspecified atom stereocenters. The van der Waals surface area contributed by atoms with Crippen molar-refractivity contribution in [3.63, 3.8) is 0 Å². The average molecular weight is 290 g/mol. The Morgan fingerprint density at radius 1 is 1.24 bits per heavy atom. The minimum atomic E-state index is -0.467. The molecule has 0 aliphatic heterocycles. The van der Waals surface area contributed by atoms with Gasteiger partial charge in [0.1, 0.15) is 5.82 Å². The van der Waals surface area contributed by atoms with Crippen molar-refractivity contribution in [2.45, 2.75) is 12.5 Å². The molecule has 0 aliphatic rings. The maximum atomic E-state index is 12.8. The highest BCUT2D eigenvalue weighted by Crippen LogP contribution is 2.06. The van der Waals surface area contributed by atoms with E-state index in [4.69, 9.17) is 0 Å². The number of amides is 2. The Morgan fingerprint density at radius 2 is 2.00 bits per heavy atom. The molecule has 0 radical (unpaired) electrons. The molecule has 7 heteroatoms. The maximum absolute atomic E-state index is 12.8. The number of hydrogen-bond donors (Lipinski definition) is 3. The Labute approximate surface area is 121 Å². The molecule has 0 fully saturated rings. The fourth-order valence-corrected chi connectivity index (χ4v) is 1.78. The Kier molecular flexibility index (Phi) is 5.16. The van der Waals surface area contributed by atoms with E-state index in [1.807, 2.05) is 0 Å². The van der Waals surface area contributed by atoms with Crippen LogP contribution in [0.4, 0.5) is 14.9 Å². The molecule has 1 heterocycles. The Morgan fingerprint density at radius 3 is 2.62 bits per heavy atom. The van der Waals surface area contributed by atoms with Gasteiger partial charge in [-0.3, -0.25) is 0 Å². The third-order valence-corrected chi connectivity index (χ3v) is 2.79. The fourth-order valence-electron chi connectivity index (χ4n) is 1.78. The first-order valence-electron chi connectivity index (χ1n) is 6.37. The largest absolute Gasteiger partial charge is 0.394 e. The number of urea groups is 1. The van der Waals surface area contributed by atoms with Crippen LogP contribution in [-0.2, 0) is 6.42 Å². The van der Waals surface area contributed by atoms with Crippen LogP contribution in [0.3, 0.4) is 0 Å². The number of benzene rings is 1. The summed E-state index contributed by atoms with van der Waals surface area (Å²) in [7, 11) is 0. The van der Waals surface area contributed by atoms with Crippen LogP contribution in [-0.4, -0.2) is 34.0 Å². The van der Waals surface area contributed by atoms with Crippen LogP contribution in [0.5, 0.6) is 0 Å². The predicted octanol–water partition coefficient (Wildman–Crippen LogP) is 1.34. The highest BCUT2D eigenvalue weighted by Gasteiger charge is 2.12. The molecule has 2 rings (SSSR count). The molecule has 21 heavy (non-hydrogen) atoms. The third-order valence-electron chi connectivity index (χ3n) is 2.79. The summed E-state index contributed by atoms with van der Waals surface area (Å²) in [6.45, 7) is -0.223. The molecule has 0 bridgehead atoms. The topological polar surface area (TPSA) is 87.1 Å². The van der Waals surface area contributed by atoms with Gasteiger partial charge in [-0.15, -0.1) is 0 Å². The van der Waals surface area contributed by atoms with E-state index in [0.717, 1.165) is 5.56 Å². The minimum absolute atomic E-state index is 0.223. The van der Waals surface area contributed by atoms with Crippen LogP contribution in [0.25, 0.3) is 0 Å². The number of carbonyl (C=O) groups excluding carboxylic acids is 1. The van der Waals surface area contributed by atoms with Gasteiger partial charge in [0.05, 0.1) is 30.7 Å². The van der Waals surface area contributed by atoms with Crippen molar-refractivity contribution in [3.8, 4) is 0 Å². The van der Waals surface area contributed by atoms with Crippen molar-refractivity contribution in [1.82, 2.24) is 15.5 Å². The van der Waals surface area contributed by atoms with E-state index in [-0.39, 0.29) is 12.4 Å². The number of aliphatic hydroxyl groups is 1. The molecule has 0 aliphatic carbocycles. The van der Waals surface area contributed by atoms with Crippen LogP contribution in [0, 0.1) is 5.82 Å². The summed E-state index contributed by atoms with van der Waals surface area (Å²) in [5.74, 6) is -0.324. The SMILES string of the molecule is O=C(Nc1ccnnc1)NC(CO)Cc1ccc(F)cc1. The first-order chi connectivity index (χ1) is 10.2. The lowest BCUT2D eigenvalue weighted by Gasteiger charge is -2.16. The molecule has 0 saturated heterocycles. The van der Waals surface area contributed by atoms with Crippen LogP contribution in [0.15, 0.2) is 42.7 Å². The summed E-state index contributed by atoms with van der Waals surface area (Å²) in [4.78, 5) is 11.8. The van der Waals surface area contributed by atoms with E-state index in [0.29, 0.717) is 12.1 Å². The second kappa shape index (κ2) is 7.30. The van der Waals surface area contributed by atoms with Crippen molar-refractivity contribution < 1.29 is 14.3 Å². The van der Waals surface area contributed by atoms with Gasteiger partial charge in [-0.05, 0) is 30.2 Å². The quantitative estimate of drug-likeness (QED) is 0.775. The highest BCUT2D eigenvalue weighted by atomic mass is 19.1. The normalized spacial score (nSPS) is 11.7. The number of aliphatic hydroxyl groups excluding tert-OH is 1. The van der Waals surface area contributed by atoms with E-state index in [1.165, 1.54) is 24.5 Å². The molecule has 3 N–H and O–H groups in total. The molecule has 2 amide bonds. The van der Waals surface area contributed by atoms with E-state index in [1.54, 1.807) is 18.2 Å². The van der Waals surface area contributed by atoms with Crippen LogP contribution >= 0.6 is 0 Å². The standard InChI is InChI=1S/C14H15FN4O2/c15-11-3-1-10(2-4-11)7-13(9-20)19-14(21)18-12-5-6-16-17-8-12/h1-6,8,13,20H,7,9H2,(H2,16,18,19,21). The smallest absolute Gasteiger partial charge is 0.319 e. The summed E-state index contributed by atoms with van der Waals surface area (Å²) in [6, 6.07) is 6.59. The molecule has 0 spiro atoms. The molecular weight excluding hydrogens is 275 g/mol. The second-order valence-corrected chi connectivity index (χ2v) is 4.44. The van der Waals surface area contributed by atoms with Gasteiger partial charge in [-0.1, -0.05) is 12.1 Å². The zero-order valence-electron chi connectivity index (χ0n) is 11.2. The van der Waals surface area contributed by atoms with Gasteiger partial charge in [0.25, 0.3) is 0 Å². The number of aromatic nitrogens is 2. The van der Waals surface area contributed by atoms with Crippen LogP contribution in [0.2, 0.25) is 0 Å².